The van der Waals surface area contributed by atoms with Gasteiger partial charge in [0.25, 0.3) is 0 Å². The number of H-pyrrole nitrogens is 1. The fourth-order valence-electron chi connectivity index (χ4n) is 3.67. The number of imidazole rings is 1. The summed E-state index contributed by atoms with van der Waals surface area (Å²) in [5.74, 6) is 0.550. The van der Waals surface area contributed by atoms with Gasteiger partial charge in [-0.1, -0.05) is 30.3 Å². The second kappa shape index (κ2) is 10.1. The predicted octanol–water partition coefficient (Wildman–Crippen LogP) is 3.94. The van der Waals surface area contributed by atoms with E-state index in [0.717, 1.165) is 11.1 Å². The van der Waals surface area contributed by atoms with Crippen molar-refractivity contribution < 1.29 is 19.0 Å². The third kappa shape index (κ3) is 4.96. The van der Waals surface area contributed by atoms with Gasteiger partial charge >= 0.3 is 0 Å². The molecule has 0 atom stereocenters. The van der Waals surface area contributed by atoms with E-state index in [-0.39, 0.29) is 18.3 Å². The summed E-state index contributed by atoms with van der Waals surface area (Å²) in [6.07, 6.45) is 0.970. The molecule has 0 radical (unpaired) electrons. The molecule has 8 nitrogen and oxygen atoms in total. The van der Waals surface area contributed by atoms with Gasteiger partial charge in [-0.25, -0.2) is 19.3 Å². The van der Waals surface area contributed by atoms with E-state index < -0.39 is 6.29 Å². The first kappa shape index (κ1) is 22.1. The van der Waals surface area contributed by atoms with E-state index in [1.54, 1.807) is 24.4 Å². The van der Waals surface area contributed by atoms with E-state index in [9.17, 15) is 9.50 Å². The van der Waals surface area contributed by atoms with E-state index in [1.807, 2.05) is 30.3 Å². The third-order valence-corrected chi connectivity index (χ3v) is 5.49. The van der Waals surface area contributed by atoms with Crippen LogP contribution in [-0.2, 0) is 16.0 Å². The largest absolute Gasteiger partial charge is 0.396 e. The van der Waals surface area contributed by atoms with Crippen molar-refractivity contribution in [2.75, 3.05) is 25.1 Å². The van der Waals surface area contributed by atoms with E-state index in [1.165, 1.54) is 12.1 Å². The number of hydrogen-bond donors (Lipinski definition) is 3. The number of hydrogen-bond acceptors (Lipinski definition) is 7. The van der Waals surface area contributed by atoms with Crippen molar-refractivity contribution in [2.45, 2.75) is 12.8 Å². The second-order valence-corrected chi connectivity index (χ2v) is 8.00. The van der Waals surface area contributed by atoms with Crippen LogP contribution in [0.1, 0.15) is 17.7 Å². The van der Waals surface area contributed by atoms with E-state index in [4.69, 9.17) is 14.5 Å². The first-order chi connectivity index (χ1) is 16.7. The predicted molar refractivity (Wildman–Crippen MR) is 124 cm³/mol. The molecule has 34 heavy (non-hydrogen) atoms. The fraction of sp³-hybridized carbons (Fsp3) is 0.240. The Morgan fingerprint density at radius 3 is 2.50 bits per heavy atom. The van der Waals surface area contributed by atoms with Gasteiger partial charge < -0.3 is 24.9 Å². The van der Waals surface area contributed by atoms with Crippen molar-refractivity contribution in [3.05, 3.63) is 84.1 Å². The maximum Gasteiger partial charge on any atom is 0.223 e. The summed E-state index contributed by atoms with van der Waals surface area (Å²) in [5.41, 5.74) is 3.69. The van der Waals surface area contributed by atoms with Crippen molar-refractivity contribution in [1.29, 1.82) is 0 Å². The molecule has 3 heterocycles. The van der Waals surface area contributed by atoms with Crippen molar-refractivity contribution in [3.63, 3.8) is 0 Å². The highest BCUT2D eigenvalue weighted by molar-refractivity contribution is 5.77. The Bertz CT molecular complexity index is 1230. The zero-order chi connectivity index (χ0) is 23.3. The molecule has 0 spiro atoms. The smallest absolute Gasteiger partial charge is 0.223 e. The van der Waals surface area contributed by atoms with Gasteiger partial charge in [0.1, 0.15) is 5.82 Å². The summed E-state index contributed by atoms with van der Waals surface area (Å²) in [7, 11) is 0. The molecular formula is C25H24FN5O3. The van der Waals surface area contributed by atoms with Gasteiger partial charge in [-0.15, -0.1) is 0 Å². The summed E-state index contributed by atoms with van der Waals surface area (Å²) in [5, 5.41) is 12.6. The van der Waals surface area contributed by atoms with Crippen LogP contribution in [0.15, 0.2) is 66.9 Å². The van der Waals surface area contributed by atoms with Crippen LogP contribution in [-0.4, -0.2) is 44.9 Å². The molecule has 0 aliphatic carbocycles. The Morgan fingerprint density at radius 2 is 1.76 bits per heavy atom. The Kier molecular flexibility index (Phi) is 6.57. The molecule has 1 aliphatic rings. The number of aliphatic hydroxyl groups is 1. The van der Waals surface area contributed by atoms with Crippen LogP contribution in [0.4, 0.5) is 10.3 Å². The topological polar surface area (TPSA) is 105 Å². The number of nitrogens with zero attached hydrogens (tertiary/aromatic N) is 3. The minimum atomic E-state index is -0.701. The van der Waals surface area contributed by atoms with Gasteiger partial charge in [0, 0.05) is 24.2 Å². The van der Waals surface area contributed by atoms with Crippen molar-refractivity contribution in [3.8, 4) is 22.6 Å². The van der Waals surface area contributed by atoms with Crippen LogP contribution < -0.4 is 5.32 Å². The number of ether oxygens (including phenoxy) is 2. The SMILES string of the molecule is OCC1COC(c2nc(-c3ccc(F)cc3)c(-c3ccnc(NCc4ccccc4)n3)[nH]2)OC1. The standard InChI is InChI=1S/C25H24FN5O3/c26-19-8-6-18(7-9-19)21-22(31-23(30-21)24-33-14-17(13-32)15-34-24)20-10-11-27-25(29-20)28-12-16-4-2-1-3-5-16/h1-11,17,24,32H,12-15H2,(H,30,31)(H,27,28,29). The van der Waals surface area contributed by atoms with Gasteiger partial charge in [-0.3, -0.25) is 0 Å². The van der Waals surface area contributed by atoms with Crippen molar-refractivity contribution in [2.24, 2.45) is 5.92 Å². The Balaban J connectivity index is 1.46. The molecule has 1 fully saturated rings. The molecule has 9 heteroatoms. The average Bonchev–Trinajstić information content (AvgIpc) is 3.34. The number of aromatic nitrogens is 4. The van der Waals surface area contributed by atoms with E-state index >= 15 is 0 Å². The number of aliphatic hydroxyl groups excluding tert-OH is 1. The van der Waals surface area contributed by atoms with Gasteiger partial charge in [-0.05, 0) is 35.9 Å². The normalized spacial score (nSPS) is 18.1. The highest BCUT2D eigenvalue weighted by Gasteiger charge is 2.27. The van der Waals surface area contributed by atoms with Gasteiger partial charge in [0.05, 0.1) is 36.9 Å². The number of nitrogens with one attached hydrogen (secondary N) is 2. The molecule has 2 aromatic carbocycles. The molecule has 0 amide bonds. The minimum Gasteiger partial charge on any atom is -0.396 e. The van der Waals surface area contributed by atoms with Crippen molar-refractivity contribution >= 4 is 5.95 Å². The second-order valence-electron chi connectivity index (χ2n) is 8.00. The first-order valence-electron chi connectivity index (χ1n) is 11.0. The summed E-state index contributed by atoms with van der Waals surface area (Å²) in [4.78, 5) is 17.0. The molecule has 5 rings (SSSR count). The van der Waals surface area contributed by atoms with Gasteiger partial charge in [-0.2, -0.15) is 0 Å². The number of anilines is 1. The Labute approximate surface area is 195 Å². The number of halogens is 1. The van der Waals surface area contributed by atoms with Crippen molar-refractivity contribution in [1.82, 2.24) is 19.9 Å². The molecule has 0 saturated carbocycles. The molecule has 3 N–H and O–H groups in total. The number of aromatic amines is 1. The molecule has 1 aliphatic heterocycles. The van der Waals surface area contributed by atoms with Gasteiger partial charge in [0.2, 0.25) is 12.2 Å². The Morgan fingerprint density at radius 1 is 1.00 bits per heavy atom. The summed E-state index contributed by atoms with van der Waals surface area (Å²) < 4.78 is 25.1. The number of rotatable bonds is 7. The molecule has 1 saturated heterocycles. The zero-order valence-corrected chi connectivity index (χ0v) is 18.3. The fourth-order valence-corrected chi connectivity index (χ4v) is 3.67. The quantitative estimate of drug-likeness (QED) is 0.383. The highest BCUT2D eigenvalue weighted by Crippen LogP contribution is 2.33. The lowest BCUT2D eigenvalue weighted by Gasteiger charge is -2.26. The van der Waals surface area contributed by atoms with E-state index in [0.29, 0.717) is 48.6 Å². The lowest BCUT2D eigenvalue weighted by atomic mass is 10.1. The summed E-state index contributed by atoms with van der Waals surface area (Å²) >= 11 is 0. The first-order valence-corrected chi connectivity index (χ1v) is 11.0. The zero-order valence-electron chi connectivity index (χ0n) is 18.3. The summed E-state index contributed by atoms with van der Waals surface area (Å²) in [6, 6.07) is 17.9. The minimum absolute atomic E-state index is 0.00333. The lowest BCUT2D eigenvalue weighted by Crippen LogP contribution is -2.29. The van der Waals surface area contributed by atoms with Crippen LogP contribution >= 0.6 is 0 Å². The molecule has 2 aromatic heterocycles. The van der Waals surface area contributed by atoms with Crippen LogP contribution in [0.5, 0.6) is 0 Å². The Hall–Kier alpha value is -3.66. The maximum atomic E-state index is 13.6. The third-order valence-electron chi connectivity index (χ3n) is 5.49. The van der Waals surface area contributed by atoms with Crippen LogP contribution in [0, 0.1) is 11.7 Å². The lowest BCUT2D eigenvalue weighted by molar-refractivity contribution is -0.213. The van der Waals surface area contributed by atoms with Gasteiger partial charge in [0.15, 0.2) is 5.82 Å². The van der Waals surface area contributed by atoms with Crippen LogP contribution in [0.2, 0.25) is 0 Å². The molecule has 0 unspecified atom stereocenters. The molecule has 174 valence electrons. The molecule has 0 bridgehead atoms. The molecular weight excluding hydrogens is 437 g/mol. The summed E-state index contributed by atoms with van der Waals surface area (Å²) in [6.45, 7) is 1.31. The van der Waals surface area contributed by atoms with Crippen LogP contribution in [0.3, 0.4) is 0 Å². The monoisotopic (exact) mass is 461 g/mol. The van der Waals surface area contributed by atoms with E-state index in [2.05, 4.69) is 20.3 Å². The van der Waals surface area contributed by atoms with Crippen LogP contribution in [0.25, 0.3) is 22.6 Å². The number of benzene rings is 2. The average molecular weight is 461 g/mol. The highest BCUT2D eigenvalue weighted by atomic mass is 19.1. The molecule has 4 aromatic rings. The maximum absolute atomic E-state index is 13.6.